The van der Waals surface area contributed by atoms with Crippen molar-refractivity contribution in [3.05, 3.63) is 36.7 Å². The van der Waals surface area contributed by atoms with E-state index >= 15 is 0 Å². The molecular formula is C12H16N4O3S. The highest BCUT2D eigenvalue weighted by atomic mass is 32.2. The molecule has 2 heterocycles. The number of nitrogens with zero attached hydrogens (tertiary/aromatic N) is 2. The van der Waals surface area contributed by atoms with Gasteiger partial charge in [-0.1, -0.05) is 12.1 Å². The zero-order chi connectivity index (χ0) is 14.4. The molecule has 8 heteroatoms. The minimum Gasteiger partial charge on any atom is -0.358 e. The number of nitrogens with one attached hydrogen (secondary N) is 1. The molecule has 0 spiro atoms. The number of aromatic nitrogens is 2. The van der Waals surface area contributed by atoms with Gasteiger partial charge in [-0.15, -0.1) is 0 Å². The lowest BCUT2D eigenvalue weighted by molar-refractivity contribution is 0.0785. The number of hydrogen-bond acceptors (Lipinski definition) is 6. The van der Waals surface area contributed by atoms with Crippen molar-refractivity contribution in [3.63, 3.8) is 0 Å². The van der Waals surface area contributed by atoms with Crippen molar-refractivity contribution in [1.82, 2.24) is 15.3 Å². The quantitative estimate of drug-likeness (QED) is 0.758. The number of fused-ring (bicyclic) bond motifs is 1. The maximum Gasteiger partial charge on any atom is 0.237 e. The molecule has 1 aliphatic heterocycles. The van der Waals surface area contributed by atoms with Gasteiger partial charge >= 0.3 is 0 Å². The second-order valence-corrected chi connectivity index (χ2v) is 5.84. The molecule has 20 heavy (non-hydrogen) atoms. The smallest absolute Gasteiger partial charge is 0.237 e. The Hall–Kier alpha value is -1.61. The lowest BCUT2D eigenvalue weighted by Gasteiger charge is -2.21. The van der Waals surface area contributed by atoms with Gasteiger partial charge < -0.3 is 10.1 Å². The zero-order valence-corrected chi connectivity index (χ0v) is 11.6. The SMILES string of the molecule is NS(=O)(=O)C1CNCCO1.c1ccc2nccnc2c1. The zero-order valence-electron chi connectivity index (χ0n) is 10.8. The van der Waals surface area contributed by atoms with Gasteiger partial charge in [0, 0.05) is 25.5 Å². The van der Waals surface area contributed by atoms with Gasteiger partial charge in [-0.2, -0.15) is 0 Å². The second-order valence-electron chi connectivity index (χ2n) is 4.14. The van der Waals surface area contributed by atoms with Crippen molar-refractivity contribution < 1.29 is 13.2 Å². The Morgan fingerprint density at radius 3 is 2.20 bits per heavy atom. The first-order valence-electron chi connectivity index (χ1n) is 6.07. The number of sulfonamides is 1. The predicted molar refractivity (Wildman–Crippen MR) is 75.3 cm³/mol. The van der Waals surface area contributed by atoms with Crippen LogP contribution < -0.4 is 10.5 Å². The van der Waals surface area contributed by atoms with E-state index in [1.54, 1.807) is 12.4 Å². The summed E-state index contributed by atoms with van der Waals surface area (Å²) in [6, 6.07) is 7.80. The van der Waals surface area contributed by atoms with E-state index in [1.807, 2.05) is 24.3 Å². The van der Waals surface area contributed by atoms with Crippen molar-refractivity contribution in [2.45, 2.75) is 5.44 Å². The number of benzene rings is 1. The van der Waals surface area contributed by atoms with Crippen LogP contribution in [0.15, 0.2) is 36.7 Å². The van der Waals surface area contributed by atoms with Gasteiger partial charge in [0.05, 0.1) is 17.6 Å². The number of rotatable bonds is 1. The molecule has 3 rings (SSSR count). The fraction of sp³-hybridized carbons (Fsp3) is 0.333. The number of primary sulfonamides is 1. The highest BCUT2D eigenvalue weighted by Gasteiger charge is 2.23. The summed E-state index contributed by atoms with van der Waals surface area (Å²) in [4.78, 5) is 8.24. The summed E-state index contributed by atoms with van der Waals surface area (Å²) < 4.78 is 26.1. The van der Waals surface area contributed by atoms with E-state index in [0.717, 1.165) is 11.0 Å². The number of nitrogens with two attached hydrogens (primary N) is 1. The summed E-state index contributed by atoms with van der Waals surface area (Å²) in [6.07, 6.45) is 3.39. The van der Waals surface area contributed by atoms with Crippen LogP contribution in [0.2, 0.25) is 0 Å². The predicted octanol–water partition coefficient (Wildman–Crippen LogP) is -0.149. The minimum atomic E-state index is -3.51. The largest absolute Gasteiger partial charge is 0.358 e. The van der Waals surface area contributed by atoms with Crippen molar-refractivity contribution >= 4 is 21.1 Å². The van der Waals surface area contributed by atoms with Crippen LogP contribution in [0.25, 0.3) is 11.0 Å². The molecule has 7 nitrogen and oxygen atoms in total. The van der Waals surface area contributed by atoms with Crippen molar-refractivity contribution in [1.29, 1.82) is 0 Å². The fourth-order valence-electron chi connectivity index (χ4n) is 1.66. The Labute approximate surface area is 117 Å². The van der Waals surface area contributed by atoms with Gasteiger partial charge in [-0.3, -0.25) is 9.97 Å². The van der Waals surface area contributed by atoms with E-state index in [-0.39, 0.29) is 0 Å². The number of para-hydroxylation sites is 2. The fourth-order valence-corrected chi connectivity index (χ4v) is 2.30. The van der Waals surface area contributed by atoms with E-state index in [1.165, 1.54) is 0 Å². The monoisotopic (exact) mass is 296 g/mol. The first-order valence-corrected chi connectivity index (χ1v) is 7.68. The number of morpholine rings is 1. The second kappa shape index (κ2) is 6.71. The van der Waals surface area contributed by atoms with E-state index in [0.29, 0.717) is 19.7 Å². The van der Waals surface area contributed by atoms with Gasteiger partial charge in [0.1, 0.15) is 0 Å². The average Bonchev–Trinajstić information content (AvgIpc) is 2.48. The first kappa shape index (κ1) is 14.8. The Morgan fingerprint density at radius 2 is 1.80 bits per heavy atom. The third kappa shape index (κ3) is 4.20. The van der Waals surface area contributed by atoms with Crippen LogP contribution in [0.3, 0.4) is 0 Å². The minimum absolute atomic E-state index is 0.291. The maximum atomic E-state index is 10.6. The average molecular weight is 296 g/mol. The molecule has 3 N–H and O–H groups in total. The lowest BCUT2D eigenvalue weighted by atomic mass is 10.3. The van der Waals surface area contributed by atoms with Gasteiger partial charge in [0.25, 0.3) is 0 Å². The van der Waals surface area contributed by atoms with Crippen molar-refractivity contribution in [2.75, 3.05) is 19.7 Å². The summed E-state index contributed by atoms with van der Waals surface area (Å²) >= 11 is 0. The van der Waals surface area contributed by atoms with Crippen LogP contribution in [0, 0.1) is 0 Å². The molecule has 2 aromatic rings. The summed E-state index contributed by atoms with van der Waals surface area (Å²) in [5, 5.41) is 7.67. The van der Waals surface area contributed by atoms with Crippen LogP contribution in [-0.2, 0) is 14.8 Å². The Balaban J connectivity index is 0.000000147. The molecule has 0 saturated carbocycles. The van der Waals surface area contributed by atoms with Crippen LogP contribution >= 0.6 is 0 Å². The summed E-state index contributed by atoms with van der Waals surface area (Å²) in [5.41, 5.74) is 1.04. The molecule has 0 radical (unpaired) electrons. The molecule has 108 valence electrons. The Bertz CT molecular complexity index is 591. The Kier molecular flexibility index (Phi) is 4.96. The molecule has 1 saturated heterocycles. The van der Waals surface area contributed by atoms with Gasteiger partial charge in [0.15, 0.2) is 5.44 Å². The van der Waals surface area contributed by atoms with Crippen LogP contribution in [-0.4, -0.2) is 43.5 Å². The third-order valence-corrected chi connectivity index (χ3v) is 3.67. The standard InChI is InChI=1S/C8H6N2.C4H10N2O3S/c1-2-4-8-7(3-1)9-5-6-10-8;5-10(7,8)4-3-6-1-2-9-4/h1-6H;4,6H,1-3H2,(H2,5,7,8). The van der Waals surface area contributed by atoms with Crippen molar-refractivity contribution in [3.8, 4) is 0 Å². The third-order valence-electron chi connectivity index (χ3n) is 2.64. The highest BCUT2D eigenvalue weighted by Crippen LogP contribution is 2.04. The van der Waals surface area contributed by atoms with Crippen LogP contribution in [0.1, 0.15) is 0 Å². The molecule has 1 fully saturated rings. The molecule has 1 aliphatic rings. The first-order chi connectivity index (χ1) is 9.57. The lowest BCUT2D eigenvalue weighted by Crippen LogP contribution is -2.45. The van der Waals surface area contributed by atoms with Crippen molar-refractivity contribution in [2.24, 2.45) is 5.14 Å². The van der Waals surface area contributed by atoms with Crippen LogP contribution in [0.4, 0.5) is 0 Å². The molecule has 0 amide bonds. The Morgan fingerprint density at radius 1 is 1.20 bits per heavy atom. The van der Waals surface area contributed by atoms with E-state index in [2.05, 4.69) is 15.3 Å². The molecule has 1 aromatic carbocycles. The molecule has 1 atom stereocenters. The molecule has 0 aliphatic carbocycles. The van der Waals surface area contributed by atoms with Crippen LogP contribution in [0.5, 0.6) is 0 Å². The maximum absolute atomic E-state index is 10.6. The van der Waals surface area contributed by atoms with Gasteiger partial charge in [-0.05, 0) is 12.1 Å². The number of ether oxygens (including phenoxy) is 1. The summed E-state index contributed by atoms with van der Waals surface area (Å²) in [5.74, 6) is 0. The molecule has 0 bridgehead atoms. The topological polar surface area (TPSA) is 107 Å². The number of hydrogen-bond donors (Lipinski definition) is 2. The van der Waals surface area contributed by atoms with E-state index < -0.39 is 15.5 Å². The van der Waals surface area contributed by atoms with Gasteiger partial charge in [-0.25, -0.2) is 13.6 Å². The van der Waals surface area contributed by atoms with Gasteiger partial charge in [0.2, 0.25) is 10.0 Å². The van der Waals surface area contributed by atoms with E-state index in [4.69, 9.17) is 9.88 Å². The van der Waals surface area contributed by atoms with E-state index in [9.17, 15) is 8.42 Å². The highest BCUT2D eigenvalue weighted by molar-refractivity contribution is 7.89. The molecular weight excluding hydrogens is 280 g/mol. The molecule has 1 unspecified atom stereocenters. The summed E-state index contributed by atoms with van der Waals surface area (Å²) in [7, 11) is -3.51. The summed E-state index contributed by atoms with van der Waals surface area (Å²) in [6.45, 7) is 1.38. The normalized spacial score (nSPS) is 19.1. The molecule has 1 aromatic heterocycles.